The third-order valence-corrected chi connectivity index (χ3v) is 5.11. The highest BCUT2D eigenvalue weighted by atomic mass is 32.1. The maximum absolute atomic E-state index is 13.9. The summed E-state index contributed by atoms with van der Waals surface area (Å²) >= 11 is 1.70. The Bertz CT molecular complexity index is 605. The van der Waals surface area contributed by atoms with E-state index in [2.05, 4.69) is 27.1 Å². The van der Waals surface area contributed by atoms with Crippen molar-refractivity contribution in [1.82, 2.24) is 9.88 Å². The maximum atomic E-state index is 13.9. The molecule has 2 heterocycles. The lowest BCUT2D eigenvalue weighted by Gasteiger charge is -2.38. The van der Waals surface area contributed by atoms with Crippen LogP contribution in [0.1, 0.15) is 24.2 Å². The molecule has 1 atom stereocenters. The predicted molar refractivity (Wildman–Crippen MR) is 85.5 cm³/mol. The second-order valence-corrected chi connectivity index (χ2v) is 6.33. The molecule has 21 heavy (non-hydrogen) atoms. The molecule has 0 amide bonds. The Morgan fingerprint density at radius 3 is 2.52 bits per heavy atom. The first-order valence-electron chi connectivity index (χ1n) is 7.30. The summed E-state index contributed by atoms with van der Waals surface area (Å²) in [5.41, 5.74) is 1.87. The quantitative estimate of drug-likeness (QED) is 0.865. The fraction of sp³-hybridized carbons (Fsp3) is 0.438. The van der Waals surface area contributed by atoms with Gasteiger partial charge in [-0.05, 0) is 19.9 Å². The summed E-state index contributed by atoms with van der Waals surface area (Å²) in [6, 6.07) is 7.20. The van der Waals surface area contributed by atoms with E-state index in [1.807, 2.05) is 19.1 Å². The summed E-state index contributed by atoms with van der Waals surface area (Å²) in [7, 11) is 0. The van der Waals surface area contributed by atoms with Crippen molar-refractivity contribution in [3.63, 3.8) is 0 Å². The average Bonchev–Trinajstić information content (AvgIpc) is 2.94. The highest BCUT2D eigenvalue weighted by molar-refractivity contribution is 7.13. The van der Waals surface area contributed by atoms with Gasteiger partial charge in [-0.15, -0.1) is 11.3 Å². The van der Waals surface area contributed by atoms with Crippen molar-refractivity contribution in [2.45, 2.75) is 19.9 Å². The van der Waals surface area contributed by atoms with Crippen molar-refractivity contribution in [3.8, 4) is 0 Å². The monoisotopic (exact) mass is 305 g/mol. The van der Waals surface area contributed by atoms with Crippen molar-refractivity contribution in [1.29, 1.82) is 0 Å². The number of nitrogens with zero attached hydrogens (tertiary/aromatic N) is 3. The first-order valence-corrected chi connectivity index (χ1v) is 8.18. The molecular formula is C16H20FN3S. The minimum absolute atomic E-state index is 0.108. The lowest BCUT2D eigenvalue weighted by molar-refractivity contribution is 0.195. The van der Waals surface area contributed by atoms with Crippen LogP contribution in [-0.4, -0.2) is 36.1 Å². The largest absolute Gasteiger partial charge is 0.346 e. The lowest BCUT2D eigenvalue weighted by Crippen LogP contribution is -2.47. The second kappa shape index (κ2) is 6.12. The molecule has 1 aromatic carbocycles. The molecule has 0 aliphatic carbocycles. The van der Waals surface area contributed by atoms with Gasteiger partial charge in [0.05, 0.1) is 5.69 Å². The van der Waals surface area contributed by atoms with Gasteiger partial charge < -0.3 is 4.90 Å². The minimum atomic E-state index is -0.108. The molecule has 2 aromatic rings. The minimum Gasteiger partial charge on any atom is -0.346 e. The van der Waals surface area contributed by atoms with E-state index in [0.29, 0.717) is 0 Å². The Kier molecular flexibility index (Phi) is 4.22. The number of rotatable bonds is 3. The Morgan fingerprint density at radius 1 is 1.19 bits per heavy atom. The third kappa shape index (κ3) is 3.09. The molecule has 1 aromatic heterocycles. The van der Waals surface area contributed by atoms with Crippen LogP contribution in [0.3, 0.4) is 0 Å². The average molecular weight is 305 g/mol. The normalized spacial score (nSPS) is 18.0. The van der Waals surface area contributed by atoms with Gasteiger partial charge in [0.15, 0.2) is 5.13 Å². The van der Waals surface area contributed by atoms with E-state index in [-0.39, 0.29) is 11.9 Å². The van der Waals surface area contributed by atoms with Gasteiger partial charge in [-0.2, -0.15) is 0 Å². The zero-order chi connectivity index (χ0) is 14.8. The topological polar surface area (TPSA) is 19.4 Å². The number of piperazine rings is 1. The summed E-state index contributed by atoms with van der Waals surface area (Å²) in [5.74, 6) is -0.108. The van der Waals surface area contributed by atoms with Gasteiger partial charge in [-0.1, -0.05) is 18.2 Å². The zero-order valence-corrected chi connectivity index (χ0v) is 13.2. The molecule has 5 heteroatoms. The van der Waals surface area contributed by atoms with Gasteiger partial charge in [-0.25, -0.2) is 9.37 Å². The standard InChI is InChI=1S/C16H20FN3S/c1-12-11-21-16(18-12)20-9-7-19(8-10-20)13(2)14-5-3-4-6-15(14)17/h3-6,11,13H,7-10H2,1-2H3. The van der Waals surface area contributed by atoms with Crippen molar-refractivity contribution < 1.29 is 4.39 Å². The van der Waals surface area contributed by atoms with Crippen LogP contribution in [0, 0.1) is 12.7 Å². The van der Waals surface area contributed by atoms with Crippen molar-refractivity contribution in [2.75, 3.05) is 31.1 Å². The molecule has 0 spiro atoms. The van der Waals surface area contributed by atoms with Gasteiger partial charge >= 0.3 is 0 Å². The number of halogens is 1. The molecule has 1 unspecified atom stereocenters. The van der Waals surface area contributed by atoms with Crippen LogP contribution in [0.5, 0.6) is 0 Å². The third-order valence-electron chi connectivity index (χ3n) is 4.09. The Labute approximate surface area is 129 Å². The number of benzene rings is 1. The van der Waals surface area contributed by atoms with Gasteiger partial charge in [0.1, 0.15) is 5.82 Å². The highest BCUT2D eigenvalue weighted by Crippen LogP contribution is 2.26. The molecule has 1 saturated heterocycles. The molecular weight excluding hydrogens is 285 g/mol. The van der Waals surface area contributed by atoms with Gasteiger partial charge in [0.2, 0.25) is 0 Å². The van der Waals surface area contributed by atoms with Gasteiger partial charge in [0, 0.05) is 43.2 Å². The molecule has 1 fully saturated rings. The van der Waals surface area contributed by atoms with Crippen LogP contribution in [0.25, 0.3) is 0 Å². The van der Waals surface area contributed by atoms with Crippen molar-refractivity contribution >= 4 is 16.5 Å². The smallest absolute Gasteiger partial charge is 0.185 e. The molecule has 1 aliphatic heterocycles. The van der Waals surface area contributed by atoms with Crippen molar-refractivity contribution in [3.05, 3.63) is 46.7 Å². The Balaban J connectivity index is 1.64. The SMILES string of the molecule is Cc1csc(N2CCN(C(C)c3ccccc3F)CC2)n1. The fourth-order valence-electron chi connectivity index (χ4n) is 2.80. The molecule has 3 nitrogen and oxygen atoms in total. The number of aryl methyl sites for hydroxylation is 1. The molecule has 0 saturated carbocycles. The molecule has 0 N–H and O–H groups in total. The Morgan fingerprint density at radius 2 is 1.90 bits per heavy atom. The van der Waals surface area contributed by atoms with E-state index in [1.54, 1.807) is 23.5 Å². The van der Waals surface area contributed by atoms with Crippen LogP contribution in [0.4, 0.5) is 9.52 Å². The van der Waals surface area contributed by atoms with Crippen LogP contribution >= 0.6 is 11.3 Å². The van der Waals surface area contributed by atoms with E-state index in [0.717, 1.165) is 42.6 Å². The van der Waals surface area contributed by atoms with E-state index in [4.69, 9.17) is 0 Å². The number of anilines is 1. The first-order chi connectivity index (χ1) is 10.1. The number of aromatic nitrogens is 1. The predicted octanol–water partition coefficient (Wildman–Crippen LogP) is 3.47. The summed E-state index contributed by atoms with van der Waals surface area (Å²) in [6.07, 6.45) is 0. The number of hydrogen-bond acceptors (Lipinski definition) is 4. The zero-order valence-electron chi connectivity index (χ0n) is 12.4. The number of thiazole rings is 1. The highest BCUT2D eigenvalue weighted by Gasteiger charge is 2.24. The number of hydrogen-bond donors (Lipinski definition) is 0. The summed E-state index contributed by atoms with van der Waals surface area (Å²) < 4.78 is 13.9. The molecule has 0 bridgehead atoms. The summed E-state index contributed by atoms with van der Waals surface area (Å²) in [5, 5.41) is 3.19. The summed E-state index contributed by atoms with van der Waals surface area (Å²) in [4.78, 5) is 9.21. The van der Waals surface area contributed by atoms with Crippen LogP contribution < -0.4 is 4.90 Å². The lowest BCUT2D eigenvalue weighted by atomic mass is 10.1. The fourth-order valence-corrected chi connectivity index (χ4v) is 3.65. The Hall–Kier alpha value is -1.46. The van der Waals surface area contributed by atoms with Crippen molar-refractivity contribution in [2.24, 2.45) is 0 Å². The van der Waals surface area contributed by atoms with Gasteiger partial charge in [0.25, 0.3) is 0 Å². The van der Waals surface area contributed by atoms with E-state index in [9.17, 15) is 4.39 Å². The van der Waals surface area contributed by atoms with Gasteiger partial charge in [-0.3, -0.25) is 4.90 Å². The van der Waals surface area contributed by atoms with Crippen LogP contribution in [0.15, 0.2) is 29.6 Å². The molecule has 3 rings (SSSR count). The van der Waals surface area contributed by atoms with E-state index < -0.39 is 0 Å². The molecule has 112 valence electrons. The molecule has 0 radical (unpaired) electrons. The van der Waals surface area contributed by atoms with E-state index >= 15 is 0 Å². The van der Waals surface area contributed by atoms with E-state index in [1.165, 1.54) is 0 Å². The molecule has 1 aliphatic rings. The maximum Gasteiger partial charge on any atom is 0.185 e. The summed E-state index contributed by atoms with van der Waals surface area (Å²) in [6.45, 7) is 7.89. The first kappa shape index (κ1) is 14.5. The van der Waals surface area contributed by atoms with Crippen LogP contribution in [-0.2, 0) is 0 Å². The second-order valence-electron chi connectivity index (χ2n) is 5.49. The van der Waals surface area contributed by atoms with Crippen LogP contribution in [0.2, 0.25) is 0 Å².